The number of anilines is 1. The van der Waals surface area contributed by atoms with Crippen LogP contribution in [0.5, 0.6) is 5.75 Å². The molecule has 1 aromatic carbocycles. The van der Waals surface area contributed by atoms with Crippen LogP contribution in [-0.4, -0.2) is 37.2 Å². The van der Waals surface area contributed by atoms with E-state index in [0.29, 0.717) is 23.9 Å². The van der Waals surface area contributed by atoms with Crippen molar-refractivity contribution in [2.75, 3.05) is 25.5 Å². The lowest BCUT2D eigenvalue weighted by Crippen LogP contribution is -2.30. The van der Waals surface area contributed by atoms with Gasteiger partial charge in [-0.3, -0.25) is 9.59 Å². The molecule has 0 heterocycles. The first-order valence-electron chi connectivity index (χ1n) is 6.98. The van der Waals surface area contributed by atoms with E-state index < -0.39 is 5.97 Å². The molecule has 0 aromatic heterocycles. The van der Waals surface area contributed by atoms with Crippen molar-refractivity contribution in [3.05, 3.63) is 23.2 Å². The van der Waals surface area contributed by atoms with E-state index in [4.69, 9.17) is 21.4 Å². The number of nitrogens with one attached hydrogen (secondary N) is 2. The molecular weight excluding hydrogens is 308 g/mol. The number of carboxylic acids is 1. The molecule has 1 rings (SSSR count). The lowest BCUT2D eigenvalue weighted by Gasteiger charge is -2.13. The summed E-state index contributed by atoms with van der Waals surface area (Å²) >= 11 is 5.92. The van der Waals surface area contributed by atoms with Crippen LogP contribution in [0.3, 0.4) is 0 Å². The van der Waals surface area contributed by atoms with Gasteiger partial charge in [-0.25, -0.2) is 0 Å². The van der Waals surface area contributed by atoms with Crippen LogP contribution in [0.15, 0.2) is 18.2 Å². The molecule has 0 fully saturated rings. The summed E-state index contributed by atoms with van der Waals surface area (Å²) < 4.78 is 5.20. The number of carbonyl (C=O) groups excluding carboxylic acids is 1. The first-order valence-corrected chi connectivity index (χ1v) is 7.36. The molecule has 3 N–H and O–H groups in total. The monoisotopic (exact) mass is 328 g/mol. The topological polar surface area (TPSA) is 87.7 Å². The zero-order valence-electron chi connectivity index (χ0n) is 12.7. The molecule has 0 aliphatic heterocycles. The minimum absolute atomic E-state index is 0.0399. The quantitative estimate of drug-likeness (QED) is 0.648. The standard InChI is InChI=1S/C15H21ClN2O4/c1-10(7-15(20)21)9-18-14(19)5-6-17-12-8-11(16)3-4-13(12)22-2/h3-4,8,10,17H,5-7,9H2,1-2H3,(H,18,19)(H,20,21). The van der Waals surface area contributed by atoms with Gasteiger partial charge in [-0.1, -0.05) is 18.5 Å². The maximum absolute atomic E-state index is 11.7. The van der Waals surface area contributed by atoms with Gasteiger partial charge in [0.1, 0.15) is 5.75 Å². The zero-order chi connectivity index (χ0) is 16.5. The number of rotatable bonds is 9. The summed E-state index contributed by atoms with van der Waals surface area (Å²) in [6, 6.07) is 5.20. The summed E-state index contributed by atoms with van der Waals surface area (Å²) in [6.45, 7) is 2.56. The van der Waals surface area contributed by atoms with Crippen molar-refractivity contribution < 1.29 is 19.4 Å². The number of hydrogen-bond donors (Lipinski definition) is 3. The smallest absolute Gasteiger partial charge is 0.303 e. The van der Waals surface area contributed by atoms with Gasteiger partial charge in [0, 0.05) is 31.0 Å². The molecule has 0 aliphatic rings. The largest absolute Gasteiger partial charge is 0.495 e. The van der Waals surface area contributed by atoms with Crippen molar-refractivity contribution in [2.24, 2.45) is 5.92 Å². The Morgan fingerprint density at radius 3 is 2.77 bits per heavy atom. The Hall–Kier alpha value is -1.95. The number of methoxy groups -OCH3 is 1. The molecule has 7 heteroatoms. The molecule has 1 unspecified atom stereocenters. The Balaban J connectivity index is 2.33. The first kappa shape index (κ1) is 18.1. The summed E-state index contributed by atoms with van der Waals surface area (Å²) in [7, 11) is 1.56. The molecule has 1 aromatic rings. The van der Waals surface area contributed by atoms with Gasteiger partial charge in [-0.15, -0.1) is 0 Å². The van der Waals surface area contributed by atoms with Crippen LogP contribution in [-0.2, 0) is 9.59 Å². The number of benzene rings is 1. The van der Waals surface area contributed by atoms with Gasteiger partial charge in [0.25, 0.3) is 0 Å². The number of carboxylic acid groups (broad SMARTS) is 1. The Morgan fingerprint density at radius 2 is 2.14 bits per heavy atom. The molecule has 122 valence electrons. The highest BCUT2D eigenvalue weighted by Gasteiger charge is 2.09. The maximum atomic E-state index is 11.7. The fraction of sp³-hybridized carbons (Fsp3) is 0.467. The van der Waals surface area contributed by atoms with Crippen molar-refractivity contribution >= 4 is 29.2 Å². The number of halogens is 1. The third-order valence-corrected chi connectivity index (χ3v) is 3.23. The fourth-order valence-corrected chi connectivity index (χ4v) is 2.05. The molecule has 0 spiro atoms. The van der Waals surface area contributed by atoms with E-state index in [9.17, 15) is 9.59 Å². The molecule has 0 radical (unpaired) electrons. The Labute approximate surface area is 134 Å². The second-order valence-electron chi connectivity index (χ2n) is 5.03. The van der Waals surface area contributed by atoms with Crippen molar-refractivity contribution in [1.29, 1.82) is 0 Å². The van der Waals surface area contributed by atoms with Crippen LogP contribution in [0.2, 0.25) is 5.02 Å². The summed E-state index contributed by atoms with van der Waals surface area (Å²) in [5, 5.41) is 15.0. The van der Waals surface area contributed by atoms with Crippen molar-refractivity contribution in [3.8, 4) is 5.75 Å². The second-order valence-corrected chi connectivity index (χ2v) is 5.46. The van der Waals surface area contributed by atoms with E-state index in [1.165, 1.54) is 0 Å². The molecular formula is C15H21ClN2O4. The van der Waals surface area contributed by atoms with E-state index in [0.717, 1.165) is 5.69 Å². The normalized spacial score (nSPS) is 11.6. The van der Waals surface area contributed by atoms with Crippen molar-refractivity contribution in [1.82, 2.24) is 5.32 Å². The minimum atomic E-state index is -0.864. The molecule has 1 amide bonds. The zero-order valence-corrected chi connectivity index (χ0v) is 13.4. The summed E-state index contributed by atoms with van der Waals surface area (Å²) in [4.78, 5) is 22.2. The van der Waals surface area contributed by atoms with Crippen LogP contribution in [0.1, 0.15) is 19.8 Å². The SMILES string of the molecule is COc1ccc(Cl)cc1NCCC(=O)NCC(C)CC(=O)O. The van der Waals surface area contributed by atoms with Crippen LogP contribution >= 0.6 is 11.6 Å². The number of carbonyl (C=O) groups is 2. The highest BCUT2D eigenvalue weighted by Crippen LogP contribution is 2.27. The highest BCUT2D eigenvalue weighted by molar-refractivity contribution is 6.30. The molecule has 0 bridgehead atoms. The molecule has 1 atom stereocenters. The van der Waals surface area contributed by atoms with Crippen LogP contribution in [0.25, 0.3) is 0 Å². The Morgan fingerprint density at radius 1 is 1.41 bits per heavy atom. The lowest BCUT2D eigenvalue weighted by atomic mass is 10.1. The van der Waals surface area contributed by atoms with Gasteiger partial charge in [0.05, 0.1) is 12.8 Å². The van der Waals surface area contributed by atoms with Crippen LogP contribution in [0.4, 0.5) is 5.69 Å². The van der Waals surface area contributed by atoms with Gasteiger partial charge in [-0.2, -0.15) is 0 Å². The third kappa shape index (κ3) is 6.67. The minimum Gasteiger partial charge on any atom is -0.495 e. The number of aliphatic carboxylic acids is 1. The summed E-state index contributed by atoms with van der Waals surface area (Å²) in [5.74, 6) is -0.440. The van der Waals surface area contributed by atoms with Crippen molar-refractivity contribution in [3.63, 3.8) is 0 Å². The number of amides is 1. The summed E-state index contributed by atoms with van der Waals surface area (Å²) in [5.41, 5.74) is 0.724. The van der Waals surface area contributed by atoms with Gasteiger partial charge in [-0.05, 0) is 24.1 Å². The van der Waals surface area contributed by atoms with E-state index >= 15 is 0 Å². The predicted octanol–water partition coefficient (Wildman–Crippen LogP) is 2.38. The lowest BCUT2D eigenvalue weighted by molar-refractivity contribution is -0.138. The van der Waals surface area contributed by atoms with Crippen LogP contribution < -0.4 is 15.4 Å². The van der Waals surface area contributed by atoms with Gasteiger partial charge >= 0.3 is 5.97 Å². The average Bonchev–Trinajstić information content (AvgIpc) is 2.45. The Bertz CT molecular complexity index is 522. The second kappa shape index (κ2) is 9.15. The highest BCUT2D eigenvalue weighted by atomic mass is 35.5. The summed E-state index contributed by atoms with van der Waals surface area (Å²) in [6.07, 6.45) is 0.313. The van der Waals surface area contributed by atoms with E-state index in [1.54, 1.807) is 32.2 Å². The number of hydrogen-bond acceptors (Lipinski definition) is 4. The molecule has 0 aliphatic carbocycles. The van der Waals surface area contributed by atoms with E-state index in [-0.39, 0.29) is 24.7 Å². The predicted molar refractivity (Wildman–Crippen MR) is 85.5 cm³/mol. The van der Waals surface area contributed by atoms with Gasteiger partial charge in [0.2, 0.25) is 5.91 Å². The maximum Gasteiger partial charge on any atom is 0.303 e. The van der Waals surface area contributed by atoms with Gasteiger partial charge < -0.3 is 20.5 Å². The molecule has 6 nitrogen and oxygen atoms in total. The van der Waals surface area contributed by atoms with Crippen molar-refractivity contribution in [2.45, 2.75) is 19.8 Å². The molecule has 22 heavy (non-hydrogen) atoms. The third-order valence-electron chi connectivity index (χ3n) is 3.00. The molecule has 0 saturated heterocycles. The van der Waals surface area contributed by atoms with E-state index in [1.807, 2.05) is 0 Å². The number of ether oxygens (including phenoxy) is 1. The van der Waals surface area contributed by atoms with Gasteiger partial charge in [0.15, 0.2) is 0 Å². The average molecular weight is 329 g/mol. The van der Waals surface area contributed by atoms with Crippen LogP contribution in [0, 0.1) is 5.92 Å². The molecule has 0 saturated carbocycles. The fourth-order valence-electron chi connectivity index (χ4n) is 1.88. The first-order chi connectivity index (χ1) is 10.4. The Kier molecular flexibility index (Phi) is 7.52. The van der Waals surface area contributed by atoms with E-state index in [2.05, 4.69) is 10.6 Å².